The van der Waals surface area contributed by atoms with Gasteiger partial charge in [0, 0.05) is 11.4 Å². The van der Waals surface area contributed by atoms with Crippen LogP contribution in [0, 0.1) is 0 Å². The largest absolute Gasteiger partial charge is 0.486 e. The van der Waals surface area contributed by atoms with E-state index in [1.54, 1.807) is 18.4 Å². The molecule has 0 fully saturated rings. The highest BCUT2D eigenvalue weighted by atomic mass is 79.9. The molecule has 0 bridgehead atoms. The van der Waals surface area contributed by atoms with Crippen molar-refractivity contribution < 1.29 is 4.74 Å². The summed E-state index contributed by atoms with van der Waals surface area (Å²) in [6.45, 7) is 0.567. The van der Waals surface area contributed by atoms with Gasteiger partial charge in [-0.1, -0.05) is 17.4 Å². The van der Waals surface area contributed by atoms with Crippen LogP contribution < -0.4 is 10.5 Å². The van der Waals surface area contributed by atoms with Crippen molar-refractivity contribution in [3.8, 4) is 5.06 Å². The zero-order valence-corrected chi connectivity index (χ0v) is 9.11. The third-order valence-electron chi connectivity index (χ3n) is 1.28. The van der Waals surface area contributed by atoms with E-state index in [4.69, 9.17) is 10.5 Å². The number of rotatable bonds is 3. The molecule has 2 nitrogen and oxygen atoms in total. The molecule has 0 aliphatic heterocycles. The molecule has 0 saturated carbocycles. The van der Waals surface area contributed by atoms with Crippen molar-refractivity contribution >= 4 is 33.3 Å². The van der Waals surface area contributed by atoms with Gasteiger partial charge >= 0.3 is 0 Å². The number of nitrogens with two attached hydrogens (primary N) is 1. The van der Waals surface area contributed by atoms with Crippen LogP contribution in [0.1, 0.15) is 4.88 Å². The molecule has 1 aromatic heterocycles. The molecule has 1 aromatic rings. The van der Waals surface area contributed by atoms with Gasteiger partial charge in [0.25, 0.3) is 0 Å². The third-order valence-corrected chi connectivity index (χ3v) is 3.19. The monoisotopic (exact) mass is 247 g/mol. The van der Waals surface area contributed by atoms with Gasteiger partial charge < -0.3 is 10.5 Å². The maximum Gasteiger partial charge on any atom is 0.188 e. The summed E-state index contributed by atoms with van der Waals surface area (Å²) in [7, 11) is 1.66. The summed E-state index contributed by atoms with van der Waals surface area (Å²) in [6.07, 6.45) is 3.90. The minimum atomic E-state index is 0.567. The second kappa shape index (κ2) is 4.64. The first-order valence-corrected chi connectivity index (χ1v) is 5.08. The molecule has 0 aliphatic carbocycles. The maximum absolute atomic E-state index is 5.33. The molecule has 1 heterocycles. The normalized spacial score (nSPS) is 10.9. The summed E-state index contributed by atoms with van der Waals surface area (Å²) in [6, 6.07) is 2.01. The van der Waals surface area contributed by atoms with E-state index in [0.717, 1.165) is 14.4 Å². The summed E-state index contributed by atoms with van der Waals surface area (Å²) >= 11 is 4.98. The van der Waals surface area contributed by atoms with E-state index in [0.29, 0.717) is 6.54 Å². The molecule has 0 amide bonds. The smallest absolute Gasteiger partial charge is 0.188 e. The van der Waals surface area contributed by atoms with Crippen molar-refractivity contribution in [3.63, 3.8) is 0 Å². The molecule has 0 aliphatic rings. The van der Waals surface area contributed by atoms with E-state index in [9.17, 15) is 0 Å². The van der Waals surface area contributed by atoms with Crippen molar-refractivity contribution in [1.29, 1.82) is 0 Å². The van der Waals surface area contributed by atoms with Gasteiger partial charge in [-0.3, -0.25) is 0 Å². The first kappa shape index (κ1) is 9.77. The molecule has 0 unspecified atom stereocenters. The zero-order chi connectivity index (χ0) is 8.97. The van der Waals surface area contributed by atoms with Crippen LogP contribution in [0.4, 0.5) is 0 Å². The number of hydrogen-bond acceptors (Lipinski definition) is 3. The highest BCUT2D eigenvalue weighted by Gasteiger charge is 2.03. The molecule has 12 heavy (non-hydrogen) atoms. The second-order valence-electron chi connectivity index (χ2n) is 2.13. The lowest BCUT2D eigenvalue weighted by Gasteiger charge is -1.91. The summed E-state index contributed by atoms with van der Waals surface area (Å²) in [5.41, 5.74) is 5.33. The molecule has 0 saturated heterocycles. The van der Waals surface area contributed by atoms with E-state index < -0.39 is 0 Å². The van der Waals surface area contributed by atoms with Gasteiger partial charge in [0.2, 0.25) is 0 Å². The molecular weight excluding hydrogens is 238 g/mol. The lowest BCUT2D eigenvalue weighted by atomic mass is 10.4. The number of thiophene rings is 1. The Morgan fingerprint density at radius 2 is 2.50 bits per heavy atom. The molecule has 2 N–H and O–H groups in total. The lowest BCUT2D eigenvalue weighted by Crippen LogP contribution is -1.91. The van der Waals surface area contributed by atoms with Crippen LogP contribution in [0.25, 0.3) is 6.08 Å². The first-order chi connectivity index (χ1) is 5.77. The van der Waals surface area contributed by atoms with Gasteiger partial charge in [-0.25, -0.2) is 0 Å². The average molecular weight is 248 g/mol. The molecule has 0 spiro atoms. The Morgan fingerprint density at radius 1 is 1.75 bits per heavy atom. The highest BCUT2D eigenvalue weighted by Crippen LogP contribution is 2.35. The van der Waals surface area contributed by atoms with Crippen LogP contribution in [-0.4, -0.2) is 13.7 Å². The molecule has 1 rings (SSSR count). The molecule has 0 aromatic carbocycles. The summed E-state index contributed by atoms with van der Waals surface area (Å²) in [5, 5.41) is 0.895. The average Bonchev–Trinajstić information content (AvgIpc) is 2.43. The highest BCUT2D eigenvalue weighted by molar-refractivity contribution is 9.10. The Morgan fingerprint density at radius 3 is 3.00 bits per heavy atom. The Hall–Kier alpha value is -0.320. The first-order valence-electron chi connectivity index (χ1n) is 3.48. The Kier molecular flexibility index (Phi) is 3.78. The van der Waals surface area contributed by atoms with E-state index in [2.05, 4.69) is 15.9 Å². The van der Waals surface area contributed by atoms with Crippen molar-refractivity contribution in [2.24, 2.45) is 5.73 Å². The Bertz CT molecular complexity index is 283. The van der Waals surface area contributed by atoms with E-state index in [1.807, 2.05) is 18.2 Å². The van der Waals surface area contributed by atoms with Crippen LogP contribution in [0.2, 0.25) is 0 Å². The van der Waals surface area contributed by atoms with Crippen molar-refractivity contribution in [2.45, 2.75) is 0 Å². The molecular formula is C8H10BrNOS. The van der Waals surface area contributed by atoms with Gasteiger partial charge in [0.15, 0.2) is 5.06 Å². The molecule has 66 valence electrons. The standard InChI is InChI=1S/C8H10BrNOS/c1-11-8-7(9)5-6(12-8)3-2-4-10/h2-3,5H,4,10H2,1H3/b3-2+. The van der Waals surface area contributed by atoms with Crippen molar-refractivity contribution in [1.82, 2.24) is 0 Å². The van der Waals surface area contributed by atoms with Crippen LogP contribution in [0.5, 0.6) is 5.06 Å². The minimum Gasteiger partial charge on any atom is -0.486 e. The molecule has 4 heteroatoms. The minimum absolute atomic E-state index is 0.567. The van der Waals surface area contributed by atoms with Crippen LogP contribution >= 0.6 is 27.3 Å². The summed E-state index contributed by atoms with van der Waals surface area (Å²) < 4.78 is 6.10. The van der Waals surface area contributed by atoms with Crippen molar-refractivity contribution in [3.05, 3.63) is 21.5 Å². The van der Waals surface area contributed by atoms with E-state index in [1.165, 1.54) is 0 Å². The third kappa shape index (κ3) is 2.33. The number of hydrogen-bond donors (Lipinski definition) is 1. The fraction of sp³-hybridized carbons (Fsp3) is 0.250. The van der Waals surface area contributed by atoms with Gasteiger partial charge in [-0.2, -0.15) is 0 Å². The van der Waals surface area contributed by atoms with Gasteiger partial charge in [0.05, 0.1) is 11.6 Å². The Balaban J connectivity index is 2.82. The van der Waals surface area contributed by atoms with E-state index >= 15 is 0 Å². The number of ether oxygens (including phenoxy) is 1. The fourth-order valence-electron chi connectivity index (χ4n) is 0.775. The molecule has 0 atom stereocenters. The fourth-order valence-corrected chi connectivity index (χ4v) is 2.37. The van der Waals surface area contributed by atoms with Gasteiger partial charge in [-0.05, 0) is 28.1 Å². The number of halogens is 1. The number of methoxy groups -OCH3 is 1. The topological polar surface area (TPSA) is 35.2 Å². The van der Waals surface area contributed by atoms with Crippen molar-refractivity contribution in [2.75, 3.05) is 13.7 Å². The SMILES string of the molecule is COc1sc(/C=C/CN)cc1Br. The lowest BCUT2D eigenvalue weighted by molar-refractivity contribution is 0.425. The second-order valence-corrected chi connectivity index (χ2v) is 4.03. The maximum atomic E-state index is 5.33. The summed E-state index contributed by atoms with van der Waals surface area (Å²) in [5.74, 6) is 0. The van der Waals surface area contributed by atoms with Crippen LogP contribution in [0.15, 0.2) is 16.6 Å². The predicted molar refractivity (Wildman–Crippen MR) is 56.7 cm³/mol. The van der Waals surface area contributed by atoms with Crippen LogP contribution in [0.3, 0.4) is 0 Å². The van der Waals surface area contributed by atoms with Gasteiger partial charge in [0.1, 0.15) is 0 Å². The quantitative estimate of drug-likeness (QED) is 0.891. The van der Waals surface area contributed by atoms with Crippen LogP contribution in [-0.2, 0) is 0 Å². The molecule has 0 radical (unpaired) electrons. The zero-order valence-electron chi connectivity index (χ0n) is 6.71. The van der Waals surface area contributed by atoms with Gasteiger partial charge in [-0.15, -0.1) is 0 Å². The summed E-state index contributed by atoms with van der Waals surface area (Å²) in [4.78, 5) is 1.14. The predicted octanol–water partition coefficient (Wildman–Crippen LogP) is 2.49. The Labute approximate surface area is 84.2 Å². The van der Waals surface area contributed by atoms with E-state index in [-0.39, 0.29) is 0 Å².